The molecule has 6 nitrogen and oxygen atoms in total. The van der Waals surface area contributed by atoms with Gasteiger partial charge in [-0.1, -0.05) is 6.07 Å². The number of nitrogens with one attached hydrogen (secondary N) is 4. The largest absolute Gasteiger partial charge is 0.288 e. The van der Waals surface area contributed by atoms with Crippen molar-refractivity contribution in [3.8, 4) is 0 Å². The first-order valence-corrected chi connectivity index (χ1v) is 4.73. The molecule has 2 amide bonds. The molecule has 0 aliphatic carbocycles. The maximum absolute atomic E-state index is 11.5. The van der Waals surface area contributed by atoms with E-state index in [0.717, 1.165) is 0 Å². The first-order chi connectivity index (χ1) is 7.69. The highest BCUT2D eigenvalue weighted by atomic mass is 16.2. The monoisotopic (exact) mass is 222 g/mol. The lowest BCUT2D eigenvalue weighted by Crippen LogP contribution is -2.35. The van der Waals surface area contributed by atoms with Gasteiger partial charge in [-0.25, -0.2) is 10.9 Å². The van der Waals surface area contributed by atoms with Crippen molar-refractivity contribution in [2.45, 2.75) is 0 Å². The summed E-state index contributed by atoms with van der Waals surface area (Å²) in [6, 6.07) is 6.42. The SMILES string of the molecule is CNNC(=O)c1cccc(C(=O)NNC)c1. The number of carbonyl (C=O) groups is 2. The standard InChI is InChI=1S/C10H14N4O2/c1-11-13-9(15)7-4-3-5-8(6-7)10(16)14-12-2/h3-6,11-12H,1-2H3,(H,13,15)(H,14,16). The van der Waals surface area contributed by atoms with Crippen LogP contribution in [0, 0.1) is 0 Å². The summed E-state index contributed by atoms with van der Waals surface area (Å²) >= 11 is 0. The van der Waals surface area contributed by atoms with Crippen LogP contribution in [0.25, 0.3) is 0 Å². The molecule has 0 fully saturated rings. The molecule has 0 aliphatic rings. The van der Waals surface area contributed by atoms with Crippen LogP contribution in [-0.2, 0) is 0 Å². The molecule has 0 radical (unpaired) electrons. The Hall–Kier alpha value is -1.92. The van der Waals surface area contributed by atoms with E-state index >= 15 is 0 Å². The van der Waals surface area contributed by atoms with Gasteiger partial charge in [0, 0.05) is 25.2 Å². The average molecular weight is 222 g/mol. The molecule has 0 aliphatic heterocycles. The first-order valence-electron chi connectivity index (χ1n) is 4.73. The van der Waals surface area contributed by atoms with Crippen LogP contribution in [0.2, 0.25) is 0 Å². The molecule has 1 aromatic rings. The number of benzene rings is 1. The molecule has 86 valence electrons. The van der Waals surface area contributed by atoms with Gasteiger partial charge < -0.3 is 0 Å². The fourth-order valence-corrected chi connectivity index (χ4v) is 1.17. The number of hydrogen-bond donors (Lipinski definition) is 4. The highest BCUT2D eigenvalue weighted by Crippen LogP contribution is 2.04. The second kappa shape index (κ2) is 5.84. The van der Waals surface area contributed by atoms with Crippen molar-refractivity contribution >= 4 is 11.8 Å². The van der Waals surface area contributed by atoms with Gasteiger partial charge >= 0.3 is 0 Å². The summed E-state index contributed by atoms with van der Waals surface area (Å²) in [7, 11) is 3.19. The van der Waals surface area contributed by atoms with Crippen molar-refractivity contribution in [3.63, 3.8) is 0 Å². The normalized spacial score (nSPS) is 9.62. The van der Waals surface area contributed by atoms with E-state index in [1.165, 1.54) is 6.07 Å². The van der Waals surface area contributed by atoms with Gasteiger partial charge in [0.15, 0.2) is 0 Å². The molecule has 0 spiro atoms. The van der Waals surface area contributed by atoms with Crippen LogP contribution in [-0.4, -0.2) is 25.9 Å². The first kappa shape index (κ1) is 12.2. The Bertz CT molecular complexity index is 359. The minimum absolute atomic E-state index is 0.290. The van der Waals surface area contributed by atoms with Gasteiger partial charge in [0.25, 0.3) is 11.8 Å². The molecule has 16 heavy (non-hydrogen) atoms. The van der Waals surface area contributed by atoms with Gasteiger partial charge in [-0.05, 0) is 18.2 Å². The average Bonchev–Trinajstić information content (AvgIpc) is 2.30. The minimum atomic E-state index is -0.290. The number of carbonyl (C=O) groups excluding carboxylic acids is 2. The number of amides is 2. The van der Waals surface area contributed by atoms with Crippen LogP contribution in [0.4, 0.5) is 0 Å². The van der Waals surface area contributed by atoms with E-state index in [2.05, 4.69) is 21.7 Å². The number of rotatable bonds is 4. The number of hydrogen-bond acceptors (Lipinski definition) is 4. The second-order valence-corrected chi connectivity index (χ2v) is 2.99. The summed E-state index contributed by atoms with van der Waals surface area (Å²) in [5.41, 5.74) is 10.7. The highest BCUT2D eigenvalue weighted by Gasteiger charge is 2.08. The van der Waals surface area contributed by atoms with Crippen LogP contribution in [0.1, 0.15) is 20.7 Å². The Labute approximate surface area is 93.4 Å². The molecule has 0 saturated carbocycles. The van der Waals surface area contributed by atoms with Gasteiger partial charge in [0.2, 0.25) is 0 Å². The van der Waals surface area contributed by atoms with E-state index in [0.29, 0.717) is 11.1 Å². The van der Waals surface area contributed by atoms with E-state index < -0.39 is 0 Å². The van der Waals surface area contributed by atoms with E-state index in [4.69, 9.17) is 0 Å². The van der Waals surface area contributed by atoms with Crippen LogP contribution >= 0.6 is 0 Å². The quantitative estimate of drug-likeness (QED) is 0.513. The smallest absolute Gasteiger partial charge is 0.265 e. The molecule has 0 aromatic heterocycles. The summed E-state index contributed by atoms with van der Waals surface area (Å²) in [5, 5.41) is 0. The Morgan fingerprint density at radius 3 is 1.75 bits per heavy atom. The van der Waals surface area contributed by atoms with E-state index in [-0.39, 0.29) is 11.8 Å². The lowest BCUT2D eigenvalue weighted by molar-refractivity contribution is 0.0937. The summed E-state index contributed by atoms with van der Waals surface area (Å²) < 4.78 is 0. The molecule has 0 unspecified atom stereocenters. The zero-order chi connectivity index (χ0) is 12.0. The molecule has 0 saturated heterocycles. The van der Waals surface area contributed by atoms with Gasteiger partial charge in [0.1, 0.15) is 0 Å². The summed E-state index contributed by atoms with van der Waals surface area (Å²) in [6.45, 7) is 0. The third kappa shape index (κ3) is 3.04. The zero-order valence-corrected chi connectivity index (χ0v) is 9.13. The van der Waals surface area contributed by atoms with Gasteiger partial charge in [-0.15, -0.1) is 0 Å². The van der Waals surface area contributed by atoms with Crippen LogP contribution in [0.15, 0.2) is 24.3 Å². The second-order valence-electron chi connectivity index (χ2n) is 2.99. The van der Waals surface area contributed by atoms with E-state index in [1.807, 2.05) is 0 Å². The third-order valence-corrected chi connectivity index (χ3v) is 1.86. The predicted octanol–water partition coefficient (Wildman–Crippen LogP) is -0.585. The van der Waals surface area contributed by atoms with Gasteiger partial charge in [-0.2, -0.15) is 0 Å². The fraction of sp³-hybridized carbons (Fsp3) is 0.200. The minimum Gasteiger partial charge on any atom is -0.288 e. The van der Waals surface area contributed by atoms with Crippen LogP contribution in [0.5, 0.6) is 0 Å². The lowest BCUT2D eigenvalue weighted by Gasteiger charge is -2.06. The molecule has 0 heterocycles. The molecule has 1 rings (SSSR count). The van der Waals surface area contributed by atoms with Crippen molar-refractivity contribution in [3.05, 3.63) is 35.4 Å². The van der Waals surface area contributed by atoms with Gasteiger partial charge in [0.05, 0.1) is 0 Å². The molecule has 6 heteroatoms. The van der Waals surface area contributed by atoms with Crippen molar-refractivity contribution in [2.75, 3.05) is 14.1 Å². The summed E-state index contributed by atoms with van der Waals surface area (Å²) in [5.74, 6) is -0.580. The maximum atomic E-state index is 11.5. The van der Waals surface area contributed by atoms with Crippen molar-refractivity contribution in [2.24, 2.45) is 0 Å². The Balaban J connectivity index is 2.86. The lowest BCUT2D eigenvalue weighted by atomic mass is 10.1. The Morgan fingerprint density at radius 2 is 1.38 bits per heavy atom. The molecule has 4 N–H and O–H groups in total. The van der Waals surface area contributed by atoms with Gasteiger partial charge in [-0.3, -0.25) is 20.4 Å². The third-order valence-electron chi connectivity index (χ3n) is 1.86. The predicted molar refractivity (Wildman–Crippen MR) is 59.5 cm³/mol. The molecular weight excluding hydrogens is 208 g/mol. The molecular formula is C10H14N4O2. The highest BCUT2D eigenvalue weighted by molar-refractivity contribution is 5.99. The maximum Gasteiger partial charge on any atom is 0.265 e. The molecule has 0 bridgehead atoms. The summed E-state index contributed by atoms with van der Waals surface area (Å²) in [4.78, 5) is 22.9. The molecule has 0 atom stereocenters. The zero-order valence-electron chi connectivity index (χ0n) is 9.13. The van der Waals surface area contributed by atoms with Crippen molar-refractivity contribution in [1.29, 1.82) is 0 Å². The summed E-state index contributed by atoms with van der Waals surface area (Å²) in [6.07, 6.45) is 0. The molecule has 1 aromatic carbocycles. The van der Waals surface area contributed by atoms with E-state index in [9.17, 15) is 9.59 Å². The fourth-order valence-electron chi connectivity index (χ4n) is 1.17. The topological polar surface area (TPSA) is 82.3 Å². The Morgan fingerprint density at radius 1 is 0.938 bits per heavy atom. The van der Waals surface area contributed by atoms with E-state index in [1.54, 1.807) is 32.3 Å². The van der Waals surface area contributed by atoms with Crippen molar-refractivity contribution in [1.82, 2.24) is 21.7 Å². The van der Waals surface area contributed by atoms with Crippen LogP contribution in [0.3, 0.4) is 0 Å². The Kier molecular flexibility index (Phi) is 4.43. The van der Waals surface area contributed by atoms with Crippen molar-refractivity contribution < 1.29 is 9.59 Å². The van der Waals surface area contributed by atoms with Crippen LogP contribution < -0.4 is 21.7 Å². The number of hydrazine groups is 2.